The molecule has 1 aromatic carbocycles. The van der Waals surface area contributed by atoms with Crippen LogP contribution in [-0.4, -0.2) is 36.9 Å². The summed E-state index contributed by atoms with van der Waals surface area (Å²) in [4.78, 5) is 13.6. The number of rotatable bonds is 7. The Kier molecular flexibility index (Phi) is 7.06. The Hall–Kier alpha value is -2.82. The highest BCUT2D eigenvalue weighted by atomic mass is 32.2. The Balaban J connectivity index is 1.38. The standard InChI is InChI=1S/C23H24FN3O4S2/c1-16-22(21(31-26-16)9-8-20-3-2-14-32-20)33(29,30)27-12-10-18(11-13-27)23(28)25-15-17-4-6-19(24)7-5-17/h2-9,14,18H,10-13,15H2,1H3,(H,25,28). The van der Waals surface area contributed by atoms with Gasteiger partial charge in [0.05, 0.1) is 0 Å². The van der Waals surface area contributed by atoms with Crippen LogP contribution in [0, 0.1) is 18.7 Å². The summed E-state index contributed by atoms with van der Waals surface area (Å²) in [6.45, 7) is 2.37. The molecule has 0 saturated carbocycles. The van der Waals surface area contributed by atoms with Crippen molar-refractivity contribution in [1.82, 2.24) is 14.8 Å². The van der Waals surface area contributed by atoms with E-state index in [1.165, 1.54) is 27.8 Å². The zero-order valence-corrected chi connectivity index (χ0v) is 19.7. The average Bonchev–Trinajstić information content (AvgIpc) is 3.47. The van der Waals surface area contributed by atoms with Crippen LogP contribution in [0.4, 0.5) is 4.39 Å². The van der Waals surface area contributed by atoms with Gasteiger partial charge < -0.3 is 9.84 Å². The molecule has 10 heteroatoms. The van der Waals surface area contributed by atoms with Crippen molar-refractivity contribution in [3.05, 3.63) is 69.5 Å². The van der Waals surface area contributed by atoms with Gasteiger partial charge in [-0.2, -0.15) is 4.31 Å². The van der Waals surface area contributed by atoms with E-state index in [1.807, 2.05) is 17.5 Å². The van der Waals surface area contributed by atoms with Crippen LogP contribution >= 0.6 is 11.3 Å². The summed E-state index contributed by atoms with van der Waals surface area (Å²) < 4.78 is 46.3. The van der Waals surface area contributed by atoms with Crippen molar-refractivity contribution in [1.29, 1.82) is 0 Å². The third kappa shape index (κ3) is 5.40. The Morgan fingerprint density at radius 3 is 2.64 bits per heavy atom. The number of benzene rings is 1. The molecule has 2 aromatic heterocycles. The molecule has 1 fully saturated rings. The fourth-order valence-electron chi connectivity index (χ4n) is 3.77. The third-order valence-electron chi connectivity index (χ3n) is 5.58. The molecule has 0 atom stereocenters. The molecule has 3 heterocycles. The topological polar surface area (TPSA) is 92.5 Å². The molecule has 1 aliphatic heterocycles. The lowest BCUT2D eigenvalue weighted by molar-refractivity contribution is -0.126. The van der Waals surface area contributed by atoms with E-state index < -0.39 is 10.0 Å². The maximum atomic E-state index is 13.3. The molecule has 1 N–H and O–H groups in total. The van der Waals surface area contributed by atoms with Gasteiger partial charge in [0.2, 0.25) is 15.9 Å². The van der Waals surface area contributed by atoms with Crippen molar-refractivity contribution in [3.8, 4) is 0 Å². The first kappa shape index (κ1) is 23.3. The normalized spacial score (nSPS) is 15.8. The minimum Gasteiger partial charge on any atom is -0.355 e. The van der Waals surface area contributed by atoms with E-state index in [-0.39, 0.29) is 41.4 Å². The number of amides is 1. The summed E-state index contributed by atoms with van der Waals surface area (Å²) in [5, 5.41) is 8.65. The first-order valence-electron chi connectivity index (χ1n) is 10.5. The summed E-state index contributed by atoms with van der Waals surface area (Å²) in [7, 11) is -3.82. The van der Waals surface area contributed by atoms with E-state index in [4.69, 9.17) is 4.52 Å². The molecule has 1 aliphatic rings. The van der Waals surface area contributed by atoms with Gasteiger partial charge in [0.25, 0.3) is 0 Å². The highest BCUT2D eigenvalue weighted by Gasteiger charge is 2.35. The van der Waals surface area contributed by atoms with Crippen molar-refractivity contribution >= 4 is 39.4 Å². The second-order valence-corrected chi connectivity index (χ2v) is 10.7. The summed E-state index contributed by atoms with van der Waals surface area (Å²) in [5.74, 6) is -0.539. The van der Waals surface area contributed by atoms with Crippen LogP contribution in [0.15, 0.2) is 51.2 Å². The van der Waals surface area contributed by atoms with Gasteiger partial charge >= 0.3 is 0 Å². The Morgan fingerprint density at radius 2 is 1.97 bits per heavy atom. The van der Waals surface area contributed by atoms with Crippen LogP contribution in [0.2, 0.25) is 0 Å². The smallest absolute Gasteiger partial charge is 0.248 e. The van der Waals surface area contributed by atoms with Crippen LogP contribution in [0.25, 0.3) is 12.2 Å². The number of nitrogens with zero attached hydrogens (tertiary/aromatic N) is 2. The van der Waals surface area contributed by atoms with Crippen molar-refractivity contribution in [2.75, 3.05) is 13.1 Å². The molecule has 1 saturated heterocycles. The van der Waals surface area contributed by atoms with E-state index in [0.29, 0.717) is 25.1 Å². The quantitative estimate of drug-likeness (QED) is 0.540. The maximum Gasteiger partial charge on any atom is 0.248 e. The van der Waals surface area contributed by atoms with E-state index >= 15 is 0 Å². The predicted octanol–water partition coefficient (Wildman–Crippen LogP) is 4.07. The molecule has 0 unspecified atom stereocenters. The zero-order chi connectivity index (χ0) is 23.4. The number of carbonyl (C=O) groups excluding carboxylic acids is 1. The lowest BCUT2D eigenvalue weighted by atomic mass is 9.97. The van der Waals surface area contributed by atoms with Gasteiger partial charge in [-0.15, -0.1) is 11.3 Å². The van der Waals surface area contributed by atoms with Gasteiger partial charge in [-0.3, -0.25) is 4.79 Å². The van der Waals surface area contributed by atoms with Crippen molar-refractivity contribution in [2.45, 2.75) is 31.2 Å². The van der Waals surface area contributed by atoms with Crippen LogP contribution < -0.4 is 5.32 Å². The number of thiophene rings is 1. The third-order valence-corrected chi connectivity index (χ3v) is 8.47. The minimum absolute atomic E-state index is 0.0644. The van der Waals surface area contributed by atoms with Crippen molar-refractivity contribution < 1.29 is 22.1 Å². The molecular formula is C23H24FN3O4S2. The van der Waals surface area contributed by atoms with Gasteiger partial charge in [0.1, 0.15) is 11.5 Å². The second kappa shape index (κ2) is 9.98. The number of halogens is 1. The molecule has 33 heavy (non-hydrogen) atoms. The largest absolute Gasteiger partial charge is 0.355 e. The molecule has 0 spiro atoms. The lowest BCUT2D eigenvalue weighted by Gasteiger charge is -2.30. The summed E-state index contributed by atoms with van der Waals surface area (Å²) >= 11 is 1.53. The average molecular weight is 490 g/mol. The number of piperidine rings is 1. The Morgan fingerprint density at radius 1 is 1.24 bits per heavy atom. The molecular weight excluding hydrogens is 465 g/mol. The maximum absolute atomic E-state index is 13.3. The highest BCUT2D eigenvalue weighted by molar-refractivity contribution is 7.89. The fourth-order valence-corrected chi connectivity index (χ4v) is 6.10. The molecule has 0 aliphatic carbocycles. The van der Waals surface area contributed by atoms with Gasteiger partial charge in [-0.05, 0) is 61.1 Å². The lowest BCUT2D eigenvalue weighted by Crippen LogP contribution is -2.43. The number of nitrogens with one attached hydrogen (secondary N) is 1. The number of hydrogen-bond donors (Lipinski definition) is 1. The van der Waals surface area contributed by atoms with E-state index in [2.05, 4.69) is 10.5 Å². The highest BCUT2D eigenvalue weighted by Crippen LogP contribution is 2.29. The predicted molar refractivity (Wildman–Crippen MR) is 124 cm³/mol. The van der Waals surface area contributed by atoms with Crippen molar-refractivity contribution in [3.63, 3.8) is 0 Å². The van der Waals surface area contributed by atoms with Gasteiger partial charge in [0, 0.05) is 30.4 Å². The molecule has 0 bridgehead atoms. The van der Waals surface area contributed by atoms with E-state index in [9.17, 15) is 17.6 Å². The first-order chi connectivity index (χ1) is 15.8. The summed E-state index contributed by atoms with van der Waals surface area (Å²) in [6, 6.07) is 9.77. The van der Waals surface area contributed by atoms with Crippen LogP contribution in [0.3, 0.4) is 0 Å². The molecule has 3 aromatic rings. The number of aryl methyl sites for hydroxylation is 1. The minimum atomic E-state index is -3.82. The van der Waals surface area contributed by atoms with Gasteiger partial charge in [0.15, 0.2) is 10.7 Å². The number of carbonyl (C=O) groups is 1. The molecule has 174 valence electrons. The number of sulfonamides is 1. The van der Waals surface area contributed by atoms with Crippen molar-refractivity contribution in [2.24, 2.45) is 5.92 Å². The first-order valence-corrected chi connectivity index (χ1v) is 12.9. The van der Waals surface area contributed by atoms with Crippen LogP contribution in [-0.2, 0) is 21.4 Å². The summed E-state index contributed by atoms with van der Waals surface area (Å²) in [5.41, 5.74) is 1.11. The van der Waals surface area contributed by atoms with E-state index in [0.717, 1.165) is 10.4 Å². The van der Waals surface area contributed by atoms with Crippen LogP contribution in [0.1, 0.15) is 34.7 Å². The molecule has 1 amide bonds. The Bertz CT molecular complexity index is 1230. The molecule has 7 nitrogen and oxygen atoms in total. The second-order valence-electron chi connectivity index (χ2n) is 7.83. The Labute approximate surface area is 196 Å². The van der Waals surface area contributed by atoms with Gasteiger partial charge in [-0.1, -0.05) is 23.4 Å². The number of aromatic nitrogens is 1. The zero-order valence-electron chi connectivity index (χ0n) is 18.0. The van der Waals surface area contributed by atoms with Crippen LogP contribution in [0.5, 0.6) is 0 Å². The molecule has 4 rings (SSSR count). The molecule has 0 radical (unpaired) electrons. The number of hydrogen-bond acceptors (Lipinski definition) is 6. The fraction of sp³-hybridized carbons (Fsp3) is 0.304. The monoisotopic (exact) mass is 489 g/mol. The van der Waals surface area contributed by atoms with Gasteiger partial charge in [-0.25, -0.2) is 12.8 Å². The SMILES string of the molecule is Cc1noc(C=Cc2cccs2)c1S(=O)(=O)N1CCC(C(=O)NCc2ccc(F)cc2)CC1. The van der Waals surface area contributed by atoms with E-state index in [1.54, 1.807) is 31.2 Å². The summed E-state index contributed by atoms with van der Waals surface area (Å²) in [6.07, 6.45) is 4.24.